The molecule has 0 heterocycles. The highest BCUT2D eigenvalue weighted by Gasteiger charge is 2.07. The molecule has 0 aliphatic carbocycles. The maximum Gasteiger partial charge on any atom is 0.338 e. The quantitative estimate of drug-likeness (QED) is 0.601. The first-order chi connectivity index (χ1) is 8.19. The van der Waals surface area contributed by atoms with Crippen molar-refractivity contribution >= 4 is 17.7 Å². The Bertz CT molecular complexity index is 414. The Hall–Kier alpha value is -1.81. The van der Waals surface area contributed by atoms with Crippen LogP contribution in [0.25, 0.3) is 6.08 Å². The molecular formula is C13H18N2O2. The summed E-state index contributed by atoms with van der Waals surface area (Å²) in [7, 11) is 0. The molecule has 0 fully saturated rings. The minimum absolute atomic E-state index is 0.332. The first-order valence-electron chi connectivity index (χ1n) is 5.62. The summed E-state index contributed by atoms with van der Waals surface area (Å²) >= 11 is 0. The Morgan fingerprint density at radius 1 is 1.47 bits per heavy atom. The zero-order valence-corrected chi connectivity index (χ0v) is 9.98. The number of hydrogen-bond acceptors (Lipinski definition) is 4. The Balaban J connectivity index is 2.90. The lowest BCUT2D eigenvalue weighted by molar-refractivity contribution is 0.0526. The second kappa shape index (κ2) is 6.70. The Kier molecular flexibility index (Phi) is 5.23. The number of carbonyl (C=O) groups is 1. The molecule has 1 aromatic carbocycles. The highest BCUT2D eigenvalue weighted by atomic mass is 16.5. The van der Waals surface area contributed by atoms with Crippen LogP contribution in [-0.2, 0) is 4.74 Å². The first-order valence-corrected chi connectivity index (χ1v) is 5.62. The van der Waals surface area contributed by atoms with Crippen LogP contribution in [0.4, 0.5) is 5.69 Å². The van der Waals surface area contributed by atoms with E-state index in [9.17, 15) is 4.79 Å². The first kappa shape index (κ1) is 13.3. The molecule has 1 aromatic rings. The van der Waals surface area contributed by atoms with Gasteiger partial charge in [0, 0.05) is 5.69 Å². The van der Waals surface area contributed by atoms with Crippen LogP contribution in [0.15, 0.2) is 24.3 Å². The molecule has 0 atom stereocenters. The van der Waals surface area contributed by atoms with Crippen molar-refractivity contribution in [2.24, 2.45) is 5.73 Å². The number of hydrogen-bond donors (Lipinski definition) is 2. The van der Waals surface area contributed by atoms with Crippen molar-refractivity contribution < 1.29 is 9.53 Å². The van der Waals surface area contributed by atoms with Crippen LogP contribution in [0.1, 0.15) is 29.3 Å². The summed E-state index contributed by atoms with van der Waals surface area (Å²) in [6.45, 7) is 2.73. The van der Waals surface area contributed by atoms with E-state index in [1.807, 2.05) is 12.2 Å². The lowest BCUT2D eigenvalue weighted by Crippen LogP contribution is -2.05. The Labute approximate surface area is 101 Å². The number of esters is 1. The third kappa shape index (κ3) is 3.92. The van der Waals surface area contributed by atoms with Gasteiger partial charge < -0.3 is 16.2 Å². The Morgan fingerprint density at radius 3 is 2.88 bits per heavy atom. The van der Waals surface area contributed by atoms with Gasteiger partial charge in [-0.1, -0.05) is 12.2 Å². The van der Waals surface area contributed by atoms with Gasteiger partial charge in [0.1, 0.15) is 0 Å². The normalized spacial score (nSPS) is 10.7. The summed E-state index contributed by atoms with van der Waals surface area (Å²) in [5.41, 5.74) is 13.2. The topological polar surface area (TPSA) is 78.3 Å². The van der Waals surface area contributed by atoms with E-state index in [1.165, 1.54) is 0 Å². The van der Waals surface area contributed by atoms with E-state index in [0.717, 1.165) is 12.0 Å². The van der Waals surface area contributed by atoms with E-state index in [0.29, 0.717) is 24.4 Å². The van der Waals surface area contributed by atoms with Crippen molar-refractivity contribution in [3.63, 3.8) is 0 Å². The fraction of sp³-hybridized carbons (Fsp3) is 0.308. The van der Waals surface area contributed by atoms with E-state index in [4.69, 9.17) is 16.2 Å². The molecule has 0 radical (unpaired) electrons. The van der Waals surface area contributed by atoms with Crippen LogP contribution in [0.3, 0.4) is 0 Å². The van der Waals surface area contributed by atoms with Crippen LogP contribution >= 0.6 is 0 Å². The molecule has 0 amide bonds. The van der Waals surface area contributed by atoms with Crippen LogP contribution in [0, 0.1) is 0 Å². The van der Waals surface area contributed by atoms with E-state index in [1.54, 1.807) is 25.1 Å². The molecule has 0 saturated carbocycles. The van der Waals surface area contributed by atoms with Gasteiger partial charge in [-0.15, -0.1) is 0 Å². The molecule has 17 heavy (non-hydrogen) atoms. The van der Waals surface area contributed by atoms with Gasteiger partial charge in [0.25, 0.3) is 0 Å². The molecule has 4 nitrogen and oxygen atoms in total. The molecule has 0 aliphatic heterocycles. The van der Waals surface area contributed by atoms with Crippen molar-refractivity contribution in [1.82, 2.24) is 0 Å². The van der Waals surface area contributed by atoms with Gasteiger partial charge in [-0.25, -0.2) is 4.79 Å². The number of ether oxygens (including phenoxy) is 1. The molecule has 0 aromatic heterocycles. The van der Waals surface area contributed by atoms with E-state index >= 15 is 0 Å². The maximum absolute atomic E-state index is 11.5. The molecule has 0 spiro atoms. The van der Waals surface area contributed by atoms with Gasteiger partial charge in [-0.05, 0) is 43.7 Å². The van der Waals surface area contributed by atoms with Crippen molar-refractivity contribution in [3.8, 4) is 0 Å². The summed E-state index contributed by atoms with van der Waals surface area (Å²) in [5, 5.41) is 0. The molecule has 4 heteroatoms. The van der Waals surface area contributed by atoms with Gasteiger partial charge in [0.15, 0.2) is 0 Å². The molecule has 0 aliphatic rings. The predicted octanol–water partition coefficient (Wildman–Crippen LogP) is 1.81. The summed E-state index contributed by atoms with van der Waals surface area (Å²) in [4.78, 5) is 11.5. The average Bonchev–Trinajstić information content (AvgIpc) is 2.32. The fourth-order valence-corrected chi connectivity index (χ4v) is 1.37. The van der Waals surface area contributed by atoms with E-state index < -0.39 is 0 Å². The molecule has 0 unspecified atom stereocenters. The minimum Gasteiger partial charge on any atom is -0.462 e. The lowest BCUT2D eigenvalue weighted by atomic mass is 10.1. The third-order valence-electron chi connectivity index (χ3n) is 2.23. The smallest absolute Gasteiger partial charge is 0.338 e. The number of nitrogen functional groups attached to an aromatic ring is 1. The number of anilines is 1. The molecule has 0 bridgehead atoms. The summed E-state index contributed by atoms with van der Waals surface area (Å²) < 4.78 is 4.92. The summed E-state index contributed by atoms with van der Waals surface area (Å²) in [5.74, 6) is -0.332. The highest BCUT2D eigenvalue weighted by molar-refractivity contribution is 5.91. The van der Waals surface area contributed by atoms with Gasteiger partial charge in [0.2, 0.25) is 0 Å². The zero-order chi connectivity index (χ0) is 12.7. The molecule has 92 valence electrons. The van der Waals surface area contributed by atoms with Crippen LogP contribution in [0.5, 0.6) is 0 Å². The van der Waals surface area contributed by atoms with Gasteiger partial charge >= 0.3 is 5.97 Å². The maximum atomic E-state index is 11.5. The van der Waals surface area contributed by atoms with Gasteiger partial charge in [-0.3, -0.25) is 0 Å². The molecule has 0 saturated heterocycles. The number of rotatable bonds is 5. The lowest BCUT2D eigenvalue weighted by Gasteiger charge is -2.05. The van der Waals surface area contributed by atoms with Crippen molar-refractivity contribution in [3.05, 3.63) is 35.4 Å². The second-order valence-electron chi connectivity index (χ2n) is 3.54. The molecular weight excluding hydrogens is 216 g/mol. The number of benzene rings is 1. The molecule has 4 N–H and O–H groups in total. The standard InChI is InChI=1S/C13H18N2O2/c1-2-17-13(16)11-6-7-12(15)10(9-11)5-3-4-8-14/h3,5-7,9H,2,4,8,14-15H2,1H3. The van der Waals surface area contributed by atoms with Crippen LogP contribution in [-0.4, -0.2) is 19.1 Å². The third-order valence-corrected chi connectivity index (χ3v) is 2.23. The predicted molar refractivity (Wildman–Crippen MR) is 69.5 cm³/mol. The monoisotopic (exact) mass is 234 g/mol. The summed E-state index contributed by atoms with van der Waals surface area (Å²) in [6, 6.07) is 5.09. The van der Waals surface area contributed by atoms with E-state index in [-0.39, 0.29) is 5.97 Å². The fourth-order valence-electron chi connectivity index (χ4n) is 1.37. The van der Waals surface area contributed by atoms with Gasteiger partial charge in [-0.2, -0.15) is 0 Å². The molecule has 1 rings (SSSR count). The van der Waals surface area contributed by atoms with Crippen molar-refractivity contribution in [2.75, 3.05) is 18.9 Å². The minimum atomic E-state index is -0.332. The number of nitrogens with two attached hydrogens (primary N) is 2. The van der Waals surface area contributed by atoms with E-state index in [2.05, 4.69) is 0 Å². The SMILES string of the molecule is CCOC(=O)c1ccc(N)c(C=CCCN)c1. The largest absolute Gasteiger partial charge is 0.462 e. The van der Waals surface area contributed by atoms with Crippen LogP contribution < -0.4 is 11.5 Å². The van der Waals surface area contributed by atoms with Crippen molar-refractivity contribution in [1.29, 1.82) is 0 Å². The zero-order valence-electron chi connectivity index (χ0n) is 9.98. The second-order valence-corrected chi connectivity index (χ2v) is 3.54. The van der Waals surface area contributed by atoms with Crippen LogP contribution in [0.2, 0.25) is 0 Å². The van der Waals surface area contributed by atoms with Crippen molar-refractivity contribution in [2.45, 2.75) is 13.3 Å². The highest BCUT2D eigenvalue weighted by Crippen LogP contribution is 2.16. The number of carbonyl (C=O) groups excluding carboxylic acids is 1. The Morgan fingerprint density at radius 2 is 2.24 bits per heavy atom. The average molecular weight is 234 g/mol. The summed E-state index contributed by atoms with van der Waals surface area (Å²) in [6.07, 6.45) is 4.58. The van der Waals surface area contributed by atoms with Gasteiger partial charge in [0.05, 0.1) is 12.2 Å².